The molecule has 126 valence electrons. The number of hydrogen-bond donors (Lipinski definition) is 3. The molecule has 1 aromatic heterocycles. The van der Waals surface area contributed by atoms with E-state index < -0.39 is 0 Å². The largest absolute Gasteiger partial charge is 0.383 e. The Bertz CT molecular complexity index is 751. The summed E-state index contributed by atoms with van der Waals surface area (Å²) in [6, 6.07) is 4.91. The smallest absolute Gasteiger partial charge is 0.315 e. The molecular formula is C16H17BrFN5O. The fourth-order valence-electron chi connectivity index (χ4n) is 2.69. The van der Waals surface area contributed by atoms with Crippen molar-refractivity contribution in [3.05, 3.63) is 52.1 Å². The Morgan fingerprint density at radius 3 is 2.92 bits per heavy atom. The van der Waals surface area contributed by atoms with Gasteiger partial charge in [0.1, 0.15) is 18.0 Å². The molecule has 1 saturated carbocycles. The third kappa shape index (κ3) is 3.81. The normalized spacial score (nSPS) is 19.4. The van der Waals surface area contributed by atoms with E-state index in [0.29, 0.717) is 21.8 Å². The summed E-state index contributed by atoms with van der Waals surface area (Å²) < 4.78 is 13.7. The lowest BCUT2D eigenvalue weighted by atomic mass is 9.76. The lowest BCUT2D eigenvalue weighted by Crippen LogP contribution is -2.47. The number of carbonyl (C=O) groups excluding carboxylic acids is 1. The molecule has 2 aromatic rings. The molecule has 24 heavy (non-hydrogen) atoms. The van der Waals surface area contributed by atoms with Gasteiger partial charge in [-0.05, 0) is 52.4 Å². The highest BCUT2D eigenvalue weighted by Crippen LogP contribution is 2.38. The van der Waals surface area contributed by atoms with Gasteiger partial charge in [-0.15, -0.1) is 0 Å². The van der Waals surface area contributed by atoms with Crippen LogP contribution in [-0.4, -0.2) is 22.0 Å². The van der Waals surface area contributed by atoms with Crippen LogP contribution in [0.15, 0.2) is 35.2 Å². The number of nitrogens with two attached hydrogens (primary N) is 1. The van der Waals surface area contributed by atoms with Crippen LogP contribution in [0.1, 0.15) is 29.9 Å². The van der Waals surface area contributed by atoms with Crippen LogP contribution in [0.4, 0.5) is 15.0 Å². The molecule has 8 heteroatoms. The Hall–Kier alpha value is -2.22. The number of amides is 2. The average Bonchev–Trinajstić information content (AvgIpc) is 2.52. The molecule has 1 aliphatic rings. The van der Waals surface area contributed by atoms with Gasteiger partial charge in [0.05, 0.1) is 4.47 Å². The molecule has 1 aromatic carbocycles. The molecule has 0 unspecified atom stereocenters. The maximum Gasteiger partial charge on any atom is 0.315 e. The quantitative estimate of drug-likeness (QED) is 0.744. The van der Waals surface area contributed by atoms with Gasteiger partial charge in [-0.1, -0.05) is 6.07 Å². The van der Waals surface area contributed by atoms with E-state index in [4.69, 9.17) is 5.73 Å². The number of rotatable bonds is 4. The van der Waals surface area contributed by atoms with Gasteiger partial charge < -0.3 is 16.4 Å². The zero-order valence-electron chi connectivity index (χ0n) is 12.8. The van der Waals surface area contributed by atoms with Crippen molar-refractivity contribution in [2.45, 2.75) is 31.3 Å². The summed E-state index contributed by atoms with van der Waals surface area (Å²) in [5, 5.41) is 5.66. The van der Waals surface area contributed by atoms with E-state index in [1.54, 1.807) is 18.3 Å². The fourth-order valence-corrected chi connectivity index (χ4v) is 3.09. The number of urea groups is 1. The van der Waals surface area contributed by atoms with Crippen molar-refractivity contribution in [1.29, 1.82) is 0 Å². The Kier molecular flexibility index (Phi) is 4.94. The summed E-state index contributed by atoms with van der Waals surface area (Å²) in [6.45, 7) is 0.277. The second-order valence-corrected chi connectivity index (χ2v) is 6.65. The summed E-state index contributed by atoms with van der Waals surface area (Å²) in [6.07, 6.45) is 4.61. The number of benzene rings is 1. The maximum absolute atomic E-state index is 13.3. The van der Waals surface area contributed by atoms with Crippen molar-refractivity contribution in [2.24, 2.45) is 0 Å². The van der Waals surface area contributed by atoms with E-state index in [9.17, 15) is 9.18 Å². The number of anilines is 1. The molecular weight excluding hydrogens is 377 g/mol. The molecule has 6 nitrogen and oxygen atoms in total. The number of nitrogen functional groups attached to an aromatic ring is 1. The van der Waals surface area contributed by atoms with Gasteiger partial charge in [0.2, 0.25) is 0 Å². The Balaban J connectivity index is 1.44. The molecule has 0 bridgehead atoms. The van der Waals surface area contributed by atoms with Crippen LogP contribution in [0.2, 0.25) is 0 Å². The van der Waals surface area contributed by atoms with E-state index in [-0.39, 0.29) is 24.4 Å². The summed E-state index contributed by atoms with van der Waals surface area (Å²) >= 11 is 3.20. The summed E-state index contributed by atoms with van der Waals surface area (Å²) in [5.74, 6) is 0.428. The zero-order chi connectivity index (χ0) is 17.1. The first kappa shape index (κ1) is 16.6. The molecule has 1 heterocycles. The molecule has 3 rings (SSSR count). The Labute approximate surface area is 147 Å². The van der Waals surface area contributed by atoms with Crippen molar-refractivity contribution in [3.63, 3.8) is 0 Å². The monoisotopic (exact) mass is 393 g/mol. The number of nitrogens with one attached hydrogen (secondary N) is 2. The predicted octanol–water partition coefficient (Wildman–Crippen LogP) is 2.71. The molecule has 2 amide bonds. The lowest BCUT2D eigenvalue weighted by Gasteiger charge is -2.36. The average molecular weight is 394 g/mol. The van der Waals surface area contributed by atoms with E-state index >= 15 is 0 Å². The summed E-state index contributed by atoms with van der Waals surface area (Å²) in [4.78, 5) is 19.7. The highest BCUT2D eigenvalue weighted by Gasteiger charge is 2.31. The van der Waals surface area contributed by atoms with Crippen molar-refractivity contribution in [3.8, 4) is 0 Å². The summed E-state index contributed by atoms with van der Waals surface area (Å²) in [5.41, 5.74) is 7.45. The van der Waals surface area contributed by atoms with Crippen molar-refractivity contribution < 1.29 is 9.18 Å². The second kappa shape index (κ2) is 7.12. The van der Waals surface area contributed by atoms with Gasteiger partial charge in [-0.2, -0.15) is 0 Å². The van der Waals surface area contributed by atoms with Crippen molar-refractivity contribution in [2.75, 3.05) is 5.73 Å². The van der Waals surface area contributed by atoms with Gasteiger partial charge in [0.25, 0.3) is 0 Å². The van der Waals surface area contributed by atoms with Crippen LogP contribution in [0, 0.1) is 5.82 Å². The Morgan fingerprint density at radius 2 is 2.21 bits per heavy atom. The van der Waals surface area contributed by atoms with Crippen molar-refractivity contribution >= 4 is 27.8 Å². The molecule has 0 saturated heterocycles. The van der Waals surface area contributed by atoms with E-state index in [2.05, 4.69) is 36.5 Å². The van der Waals surface area contributed by atoms with Crippen LogP contribution in [0.3, 0.4) is 0 Å². The van der Waals surface area contributed by atoms with Crippen LogP contribution in [-0.2, 0) is 6.54 Å². The van der Waals surface area contributed by atoms with E-state index in [0.717, 1.165) is 18.4 Å². The van der Waals surface area contributed by atoms with Crippen LogP contribution >= 0.6 is 15.9 Å². The van der Waals surface area contributed by atoms with Gasteiger partial charge in [-0.3, -0.25) is 0 Å². The fraction of sp³-hybridized carbons (Fsp3) is 0.312. The molecule has 4 N–H and O–H groups in total. The first-order valence-corrected chi connectivity index (χ1v) is 8.36. The number of nitrogens with zero attached hydrogens (tertiary/aromatic N) is 2. The first-order valence-electron chi connectivity index (χ1n) is 7.56. The SMILES string of the molecule is Nc1ncncc1CNC(=O)NC1CC(c2ccc(F)c(Br)c2)C1. The lowest BCUT2D eigenvalue weighted by molar-refractivity contribution is 0.222. The maximum atomic E-state index is 13.3. The highest BCUT2D eigenvalue weighted by molar-refractivity contribution is 9.10. The van der Waals surface area contributed by atoms with Crippen LogP contribution < -0.4 is 16.4 Å². The third-order valence-corrected chi connectivity index (χ3v) is 4.76. The number of halogens is 2. The zero-order valence-corrected chi connectivity index (χ0v) is 14.4. The summed E-state index contributed by atoms with van der Waals surface area (Å²) in [7, 11) is 0. The standard InChI is InChI=1S/C16H17BrFN5O/c17-13-5-9(1-2-14(13)18)10-3-12(4-10)23-16(24)21-7-11-6-20-8-22-15(11)19/h1-2,5-6,8,10,12H,3-4,7H2,(H2,19,20,22)(H2,21,23,24). The van der Waals surface area contributed by atoms with Gasteiger partial charge in [0.15, 0.2) is 0 Å². The van der Waals surface area contributed by atoms with Gasteiger partial charge in [0, 0.05) is 24.3 Å². The minimum Gasteiger partial charge on any atom is -0.383 e. The Morgan fingerprint density at radius 1 is 1.42 bits per heavy atom. The predicted molar refractivity (Wildman–Crippen MR) is 91.7 cm³/mol. The van der Waals surface area contributed by atoms with E-state index in [1.807, 2.05) is 0 Å². The van der Waals surface area contributed by atoms with Crippen LogP contribution in [0.5, 0.6) is 0 Å². The highest BCUT2D eigenvalue weighted by atomic mass is 79.9. The molecule has 0 atom stereocenters. The number of carbonyl (C=O) groups is 1. The molecule has 0 radical (unpaired) electrons. The minimum absolute atomic E-state index is 0.114. The number of hydrogen-bond acceptors (Lipinski definition) is 4. The second-order valence-electron chi connectivity index (χ2n) is 5.80. The first-order chi connectivity index (χ1) is 11.5. The minimum atomic E-state index is -0.267. The molecule has 1 aliphatic carbocycles. The van der Waals surface area contributed by atoms with Crippen molar-refractivity contribution in [1.82, 2.24) is 20.6 Å². The van der Waals surface area contributed by atoms with E-state index in [1.165, 1.54) is 12.4 Å². The van der Waals surface area contributed by atoms with Gasteiger partial charge >= 0.3 is 6.03 Å². The molecule has 0 spiro atoms. The van der Waals surface area contributed by atoms with Gasteiger partial charge in [-0.25, -0.2) is 19.2 Å². The molecule has 0 aliphatic heterocycles. The molecule has 1 fully saturated rings. The number of aromatic nitrogens is 2. The third-order valence-electron chi connectivity index (χ3n) is 4.15. The topological polar surface area (TPSA) is 92.9 Å². The van der Waals surface area contributed by atoms with Crippen LogP contribution in [0.25, 0.3) is 0 Å².